The second-order valence-electron chi connectivity index (χ2n) is 6.74. The van der Waals surface area contributed by atoms with Crippen LogP contribution in [0.5, 0.6) is 0 Å². The summed E-state index contributed by atoms with van der Waals surface area (Å²) in [5, 5.41) is 6.17. The summed E-state index contributed by atoms with van der Waals surface area (Å²) in [5.41, 5.74) is 1.30. The van der Waals surface area contributed by atoms with Gasteiger partial charge < -0.3 is 20.5 Å². The monoisotopic (exact) mass is 441 g/mol. The molecule has 1 aliphatic rings. The summed E-state index contributed by atoms with van der Waals surface area (Å²) in [6.07, 6.45) is 0.293. The molecule has 0 spiro atoms. The second kappa shape index (κ2) is 8.07. The summed E-state index contributed by atoms with van der Waals surface area (Å²) in [5.74, 6) is 0.108. The van der Waals surface area contributed by atoms with Crippen LogP contribution in [-0.2, 0) is 4.79 Å². The van der Waals surface area contributed by atoms with Gasteiger partial charge in [-0.25, -0.2) is 15.0 Å². The van der Waals surface area contributed by atoms with Crippen molar-refractivity contribution in [1.82, 2.24) is 30.6 Å². The molecule has 0 unspecified atom stereocenters. The van der Waals surface area contributed by atoms with Crippen molar-refractivity contribution in [1.29, 1.82) is 0 Å². The Balaban J connectivity index is 0.00000272. The number of amides is 1. The van der Waals surface area contributed by atoms with Gasteiger partial charge in [0.2, 0.25) is 5.91 Å². The van der Waals surface area contributed by atoms with Gasteiger partial charge in [-0.15, -0.1) is 0 Å². The van der Waals surface area contributed by atoms with Crippen molar-refractivity contribution >= 4 is 34.4 Å². The summed E-state index contributed by atoms with van der Waals surface area (Å²) in [6.45, 7) is -0.208. The Hall–Kier alpha value is -2.92. The van der Waals surface area contributed by atoms with Crippen molar-refractivity contribution in [2.45, 2.75) is 12.2 Å². The van der Waals surface area contributed by atoms with E-state index in [-0.39, 0.29) is 7.97 Å². The predicted octanol–water partition coefficient (Wildman–Crippen LogP) is 2.38. The fraction of sp³-hybridized carbons (Fsp3) is 0.333. The van der Waals surface area contributed by atoms with Gasteiger partial charge in [0.15, 0.2) is 5.82 Å². The van der Waals surface area contributed by atoms with Crippen LogP contribution in [0.2, 0.25) is 5.02 Å². The van der Waals surface area contributed by atoms with Gasteiger partial charge in [0.05, 0.1) is 5.02 Å². The van der Waals surface area contributed by atoms with E-state index in [1.165, 1.54) is 6.20 Å². The number of aromatic amines is 1. The smallest absolute Gasteiger partial charge is 0.345 e. The molecular formula is C18H19ClF3N7O. The molecule has 1 aliphatic heterocycles. The van der Waals surface area contributed by atoms with E-state index in [9.17, 15) is 18.0 Å². The number of nitrogens with zero attached hydrogens (tertiary/aromatic N) is 4. The molecule has 4 heterocycles. The molecule has 3 N–H and O–H groups in total. The largest absolute Gasteiger partial charge is 0.405 e. The molecule has 1 saturated heterocycles. The molecule has 0 aromatic carbocycles. The number of H-pyrrole nitrogens is 1. The van der Waals surface area contributed by atoms with Crippen molar-refractivity contribution in [3.05, 3.63) is 35.7 Å². The number of rotatable bonds is 4. The highest BCUT2D eigenvalue weighted by Crippen LogP contribution is 2.28. The number of alkyl halides is 3. The molecule has 4 rings (SSSR count). The molecule has 1 amide bonds. The minimum Gasteiger partial charge on any atom is -0.345 e. The van der Waals surface area contributed by atoms with E-state index in [0.29, 0.717) is 41.0 Å². The van der Waals surface area contributed by atoms with Crippen LogP contribution >= 0.6 is 11.6 Å². The number of nitrogens with one attached hydrogen (secondary N) is 3. The number of carbonyl (C=O) groups excluding carboxylic acids is 1. The first-order valence-electron chi connectivity index (χ1n) is 9.10. The zero-order valence-electron chi connectivity index (χ0n) is 15.5. The highest BCUT2D eigenvalue weighted by molar-refractivity contribution is 6.31. The molecule has 0 bridgehead atoms. The molecular weight excluding hydrogens is 423 g/mol. The minimum atomic E-state index is -4.48. The van der Waals surface area contributed by atoms with Gasteiger partial charge in [-0.2, -0.15) is 13.2 Å². The highest BCUT2D eigenvalue weighted by atomic mass is 35.5. The van der Waals surface area contributed by atoms with E-state index in [4.69, 9.17) is 11.6 Å². The lowest BCUT2D eigenvalue weighted by atomic mass is 10.1. The highest BCUT2D eigenvalue weighted by Gasteiger charge is 2.33. The van der Waals surface area contributed by atoms with Gasteiger partial charge >= 0.3 is 6.18 Å². The summed E-state index contributed by atoms with van der Waals surface area (Å²) in [6, 6.07) is 2.53. The first-order valence-corrected chi connectivity index (χ1v) is 9.47. The standard InChI is InChI=1S/C18H17ClF3N7O.H2/c19-10-5-11-12(7-26-15(11)25-6-10)16-24-2-1-14(28-16)29-4-3-23-8-13(29)17(30)27-9-18(20,21)22;/h1-2,5-7,13,23H,3-4,8-9H2,(H,25,26)(H,27,30);1H/t13-;/m0./s1. The summed E-state index contributed by atoms with van der Waals surface area (Å²) < 4.78 is 37.5. The third-order valence-corrected chi connectivity index (χ3v) is 4.89. The second-order valence-corrected chi connectivity index (χ2v) is 7.17. The third kappa shape index (κ3) is 4.31. The van der Waals surface area contributed by atoms with Crippen molar-refractivity contribution < 1.29 is 19.4 Å². The van der Waals surface area contributed by atoms with Crippen molar-refractivity contribution in [2.75, 3.05) is 31.1 Å². The number of carbonyl (C=O) groups is 1. The van der Waals surface area contributed by atoms with E-state index < -0.39 is 24.7 Å². The first-order chi connectivity index (χ1) is 14.3. The van der Waals surface area contributed by atoms with Crippen molar-refractivity contribution in [3.63, 3.8) is 0 Å². The van der Waals surface area contributed by atoms with Gasteiger partial charge in [-0.1, -0.05) is 11.6 Å². The topological polar surface area (TPSA) is 98.8 Å². The number of hydrogen-bond acceptors (Lipinski definition) is 6. The van der Waals surface area contributed by atoms with Gasteiger partial charge in [-0.3, -0.25) is 4.79 Å². The Bertz CT molecular complexity index is 1080. The molecule has 0 saturated carbocycles. The fourth-order valence-electron chi connectivity index (χ4n) is 3.32. The van der Waals surface area contributed by atoms with E-state index in [2.05, 4.69) is 25.3 Å². The summed E-state index contributed by atoms with van der Waals surface area (Å²) in [4.78, 5) is 30.2. The average Bonchev–Trinajstić information content (AvgIpc) is 3.14. The molecule has 0 radical (unpaired) electrons. The van der Waals surface area contributed by atoms with Crippen LogP contribution in [0, 0.1) is 0 Å². The number of anilines is 1. The Morgan fingerprint density at radius 2 is 2.23 bits per heavy atom. The Morgan fingerprint density at radius 1 is 1.40 bits per heavy atom. The first kappa shape index (κ1) is 20.4. The molecule has 3 aromatic rings. The Kier molecular flexibility index (Phi) is 5.48. The molecule has 1 fully saturated rings. The predicted molar refractivity (Wildman–Crippen MR) is 107 cm³/mol. The number of piperazine rings is 1. The number of aromatic nitrogens is 4. The molecule has 1 atom stereocenters. The van der Waals surface area contributed by atoms with E-state index in [0.717, 1.165) is 5.39 Å². The molecule has 12 heteroatoms. The van der Waals surface area contributed by atoms with Crippen LogP contribution in [0.3, 0.4) is 0 Å². The molecule has 30 heavy (non-hydrogen) atoms. The van der Waals surface area contributed by atoms with E-state index >= 15 is 0 Å². The maximum atomic E-state index is 12.5. The minimum absolute atomic E-state index is 0. The van der Waals surface area contributed by atoms with Crippen molar-refractivity contribution in [2.24, 2.45) is 0 Å². The number of fused-ring (bicyclic) bond motifs is 1. The number of hydrogen-bond donors (Lipinski definition) is 3. The van der Waals surface area contributed by atoms with E-state index in [1.807, 2.05) is 5.32 Å². The lowest BCUT2D eigenvalue weighted by molar-refractivity contribution is -0.139. The zero-order valence-corrected chi connectivity index (χ0v) is 16.3. The van der Waals surface area contributed by atoms with Gasteiger partial charge in [0, 0.05) is 50.6 Å². The Labute approximate surface area is 175 Å². The van der Waals surface area contributed by atoms with Gasteiger partial charge in [0.25, 0.3) is 0 Å². The zero-order chi connectivity index (χ0) is 21.3. The summed E-state index contributed by atoms with van der Waals surface area (Å²) >= 11 is 6.05. The lowest BCUT2D eigenvalue weighted by Crippen LogP contribution is -2.59. The molecule has 8 nitrogen and oxygen atoms in total. The van der Waals surface area contributed by atoms with Gasteiger partial charge in [-0.05, 0) is 12.1 Å². The Morgan fingerprint density at radius 3 is 3.03 bits per heavy atom. The normalized spacial score (nSPS) is 17.3. The fourth-order valence-corrected chi connectivity index (χ4v) is 3.48. The maximum absolute atomic E-state index is 12.5. The SMILES string of the molecule is O=C(NCC(F)(F)F)[C@@H]1CNCCN1c1ccnc(-c2c[nH]c3ncc(Cl)cc23)n1.[HH]. The quantitative estimate of drug-likeness (QED) is 0.575. The average molecular weight is 442 g/mol. The third-order valence-electron chi connectivity index (χ3n) is 4.68. The van der Waals surface area contributed by atoms with Crippen LogP contribution in [0.1, 0.15) is 1.43 Å². The maximum Gasteiger partial charge on any atom is 0.405 e. The van der Waals surface area contributed by atoms with Crippen LogP contribution in [-0.4, -0.2) is 64.2 Å². The van der Waals surface area contributed by atoms with Gasteiger partial charge in [0.1, 0.15) is 24.1 Å². The van der Waals surface area contributed by atoms with Crippen LogP contribution < -0.4 is 15.5 Å². The number of pyridine rings is 1. The van der Waals surface area contributed by atoms with E-state index in [1.54, 1.807) is 29.4 Å². The molecule has 160 valence electrons. The van der Waals surface area contributed by atoms with Crippen LogP contribution in [0.4, 0.5) is 19.0 Å². The van der Waals surface area contributed by atoms with Crippen molar-refractivity contribution in [3.8, 4) is 11.4 Å². The van der Waals surface area contributed by atoms with Crippen LogP contribution in [0.25, 0.3) is 22.4 Å². The van der Waals surface area contributed by atoms with Crippen LogP contribution in [0.15, 0.2) is 30.7 Å². The molecule has 3 aromatic heterocycles. The lowest BCUT2D eigenvalue weighted by Gasteiger charge is -2.36. The molecule has 0 aliphatic carbocycles. The number of halogens is 4. The summed E-state index contributed by atoms with van der Waals surface area (Å²) in [7, 11) is 0.